The van der Waals surface area contributed by atoms with Gasteiger partial charge in [0.2, 0.25) is 0 Å². The van der Waals surface area contributed by atoms with Crippen molar-refractivity contribution in [3.63, 3.8) is 0 Å². The van der Waals surface area contributed by atoms with Gasteiger partial charge in [0.15, 0.2) is 5.96 Å². The summed E-state index contributed by atoms with van der Waals surface area (Å²) >= 11 is 0. The van der Waals surface area contributed by atoms with Gasteiger partial charge in [0, 0.05) is 26.7 Å². The summed E-state index contributed by atoms with van der Waals surface area (Å²) in [7, 11) is 1.83. The Kier molecular flexibility index (Phi) is 8.36. The van der Waals surface area contributed by atoms with Crippen molar-refractivity contribution < 1.29 is 9.53 Å². The van der Waals surface area contributed by atoms with Gasteiger partial charge in [0.25, 0.3) is 0 Å². The van der Waals surface area contributed by atoms with Gasteiger partial charge in [-0.1, -0.05) is 12.8 Å². The lowest BCUT2D eigenvalue weighted by atomic mass is 9.97. The highest BCUT2D eigenvalue weighted by atomic mass is 127. The normalized spacial score (nSPS) is 19.9. The number of piperidine rings is 1. The molecule has 2 fully saturated rings. The molecule has 0 atom stereocenters. The van der Waals surface area contributed by atoms with Crippen LogP contribution in [0.25, 0.3) is 0 Å². The van der Waals surface area contributed by atoms with Crippen LogP contribution in [0.5, 0.6) is 0 Å². The van der Waals surface area contributed by atoms with Crippen molar-refractivity contribution in [3.05, 3.63) is 0 Å². The number of hydrogen-bond donors (Lipinski definition) is 1. The molecule has 0 radical (unpaired) electrons. The van der Waals surface area contributed by atoms with Gasteiger partial charge >= 0.3 is 5.97 Å². The summed E-state index contributed by atoms with van der Waals surface area (Å²) < 4.78 is 5.10. The van der Waals surface area contributed by atoms with E-state index in [1.807, 2.05) is 14.0 Å². The molecular weight excluding hydrogens is 381 g/mol. The van der Waals surface area contributed by atoms with Crippen LogP contribution in [0.1, 0.15) is 39.0 Å². The van der Waals surface area contributed by atoms with Crippen LogP contribution >= 0.6 is 24.0 Å². The lowest BCUT2D eigenvalue weighted by molar-refractivity contribution is -0.149. The molecule has 1 aliphatic carbocycles. The molecule has 0 aromatic rings. The van der Waals surface area contributed by atoms with E-state index in [4.69, 9.17) is 4.74 Å². The van der Waals surface area contributed by atoms with E-state index < -0.39 is 0 Å². The van der Waals surface area contributed by atoms with Crippen LogP contribution in [0.15, 0.2) is 4.99 Å². The van der Waals surface area contributed by atoms with Crippen molar-refractivity contribution in [2.45, 2.75) is 39.0 Å². The van der Waals surface area contributed by atoms with Gasteiger partial charge in [-0.15, -0.1) is 24.0 Å². The minimum Gasteiger partial charge on any atom is -0.466 e. The van der Waals surface area contributed by atoms with E-state index in [1.54, 1.807) is 0 Å². The molecule has 6 heteroatoms. The fourth-order valence-corrected chi connectivity index (χ4v) is 2.71. The molecule has 0 unspecified atom stereocenters. The Morgan fingerprint density at radius 3 is 2.48 bits per heavy atom. The first kappa shape index (κ1) is 18.5. The number of rotatable bonds is 5. The summed E-state index contributed by atoms with van der Waals surface area (Å²) in [5, 5.41) is 3.44. The van der Waals surface area contributed by atoms with Gasteiger partial charge in [-0.2, -0.15) is 0 Å². The van der Waals surface area contributed by atoms with Crippen LogP contribution in [0.3, 0.4) is 0 Å². The van der Waals surface area contributed by atoms with Gasteiger partial charge in [0.05, 0.1) is 12.5 Å². The Balaban J connectivity index is 0.00000220. The zero-order valence-corrected chi connectivity index (χ0v) is 15.5. The van der Waals surface area contributed by atoms with Crippen molar-refractivity contribution >= 4 is 35.9 Å². The standard InChI is InChI=1S/C15H27N3O2.HI/c1-3-20-14(19)13-7-10-18(11-8-13)15(16-2)17-9-6-12-4-5-12;/h12-13H,3-11H2,1-2H3,(H,16,17);1H. The zero-order valence-electron chi connectivity index (χ0n) is 13.1. The molecule has 2 rings (SSSR count). The van der Waals surface area contributed by atoms with Crippen LogP contribution in [0, 0.1) is 11.8 Å². The van der Waals surface area contributed by atoms with Crippen LogP contribution in [-0.2, 0) is 9.53 Å². The van der Waals surface area contributed by atoms with Crippen LogP contribution in [0.2, 0.25) is 0 Å². The number of esters is 1. The summed E-state index contributed by atoms with van der Waals surface area (Å²) in [5.74, 6) is 1.95. The first-order chi connectivity index (χ1) is 9.74. The number of aliphatic imine (C=N–C) groups is 1. The smallest absolute Gasteiger partial charge is 0.309 e. The third-order valence-electron chi connectivity index (χ3n) is 4.16. The number of carbonyl (C=O) groups excluding carboxylic acids is 1. The maximum Gasteiger partial charge on any atom is 0.309 e. The molecule has 0 bridgehead atoms. The van der Waals surface area contributed by atoms with Gasteiger partial charge in [0.1, 0.15) is 0 Å². The van der Waals surface area contributed by atoms with E-state index in [1.165, 1.54) is 19.3 Å². The van der Waals surface area contributed by atoms with E-state index in [9.17, 15) is 4.79 Å². The number of guanidine groups is 1. The Labute approximate surface area is 144 Å². The number of ether oxygens (including phenoxy) is 1. The third kappa shape index (κ3) is 6.00. The van der Waals surface area contributed by atoms with Crippen molar-refractivity contribution in [2.75, 3.05) is 33.3 Å². The number of nitrogens with zero attached hydrogens (tertiary/aromatic N) is 2. The predicted molar refractivity (Wildman–Crippen MR) is 95.0 cm³/mol. The molecule has 2 aliphatic rings. The largest absolute Gasteiger partial charge is 0.466 e. The highest BCUT2D eigenvalue weighted by molar-refractivity contribution is 14.0. The highest BCUT2D eigenvalue weighted by Crippen LogP contribution is 2.31. The summed E-state index contributed by atoms with van der Waals surface area (Å²) in [4.78, 5) is 18.3. The molecule has 0 amide bonds. The minimum atomic E-state index is -0.0381. The third-order valence-corrected chi connectivity index (χ3v) is 4.16. The summed E-state index contributed by atoms with van der Waals surface area (Å²) in [5.41, 5.74) is 0. The number of hydrogen-bond acceptors (Lipinski definition) is 3. The van der Waals surface area contributed by atoms with Gasteiger partial charge < -0.3 is 15.0 Å². The molecule has 5 nitrogen and oxygen atoms in total. The summed E-state index contributed by atoms with van der Waals surface area (Å²) in [6, 6.07) is 0. The number of halogens is 1. The molecule has 1 saturated carbocycles. The zero-order chi connectivity index (χ0) is 14.4. The Bertz CT molecular complexity index is 351. The molecule has 21 heavy (non-hydrogen) atoms. The van der Waals surface area contributed by atoms with Gasteiger partial charge in [-0.05, 0) is 32.1 Å². The summed E-state index contributed by atoms with van der Waals surface area (Å²) in [6.45, 7) is 5.11. The second-order valence-corrected chi connectivity index (χ2v) is 5.72. The molecule has 1 N–H and O–H groups in total. The molecular formula is C15H28IN3O2. The lowest BCUT2D eigenvalue weighted by Crippen LogP contribution is -2.47. The first-order valence-electron chi connectivity index (χ1n) is 7.86. The van der Waals surface area contributed by atoms with Crippen molar-refractivity contribution in [2.24, 2.45) is 16.8 Å². The van der Waals surface area contributed by atoms with E-state index in [-0.39, 0.29) is 35.9 Å². The average molecular weight is 409 g/mol. The predicted octanol–water partition coefficient (Wildman–Crippen LogP) is 2.26. The maximum atomic E-state index is 11.7. The Hall–Kier alpha value is -0.530. The van der Waals surface area contributed by atoms with Gasteiger partial charge in [-0.3, -0.25) is 9.79 Å². The fraction of sp³-hybridized carbons (Fsp3) is 0.867. The average Bonchev–Trinajstić information content (AvgIpc) is 3.28. The number of likely N-dealkylation sites (tertiary alicyclic amines) is 1. The van der Waals surface area contributed by atoms with E-state index in [2.05, 4.69) is 15.2 Å². The SMILES string of the molecule is CCOC(=O)C1CCN(C(=NC)NCCC2CC2)CC1.I. The number of carbonyl (C=O) groups is 1. The summed E-state index contributed by atoms with van der Waals surface area (Å²) in [6.07, 6.45) is 5.76. The van der Waals surface area contributed by atoms with Gasteiger partial charge in [-0.25, -0.2) is 0 Å². The quantitative estimate of drug-likeness (QED) is 0.328. The molecule has 0 spiro atoms. The molecule has 1 saturated heterocycles. The van der Waals surface area contributed by atoms with E-state index in [0.29, 0.717) is 6.61 Å². The number of nitrogens with one attached hydrogen (secondary N) is 1. The molecule has 122 valence electrons. The monoisotopic (exact) mass is 409 g/mol. The second-order valence-electron chi connectivity index (χ2n) is 5.72. The fourth-order valence-electron chi connectivity index (χ4n) is 2.71. The lowest BCUT2D eigenvalue weighted by Gasteiger charge is -2.33. The van der Waals surface area contributed by atoms with Crippen molar-refractivity contribution in [1.82, 2.24) is 10.2 Å². The Morgan fingerprint density at radius 2 is 1.95 bits per heavy atom. The first-order valence-corrected chi connectivity index (χ1v) is 7.86. The Morgan fingerprint density at radius 1 is 1.29 bits per heavy atom. The maximum absolute atomic E-state index is 11.7. The van der Waals surface area contributed by atoms with Crippen LogP contribution < -0.4 is 5.32 Å². The van der Waals surface area contributed by atoms with Crippen molar-refractivity contribution in [1.29, 1.82) is 0 Å². The van der Waals surface area contributed by atoms with Crippen LogP contribution in [0.4, 0.5) is 0 Å². The molecule has 0 aromatic heterocycles. The van der Waals surface area contributed by atoms with Crippen LogP contribution in [-0.4, -0.2) is 50.1 Å². The molecule has 1 heterocycles. The van der Waals surface area contributed by atoms with E-state index in [0.717, 1.165) is 44.4 Å². The topological polar surface area (TPSA) is 53.9 Å². The second kappa shape index (κ2) is 9.48. The van der Waals surface area contributed by atoms with Crippen molar-refractivity contribution in [3.8, 4) is 0 Å². The molecule has 1 aliphatic heterocycles. The molecule has 0 aromatic carbocycles. The van der Waals surface area contributed by atoms with E-state index >= 15 is 0 Å². The minimum absolute atomic E-state index is 0. The highest BCUT2D eigenvalue weighted by Gasteiger charge is 2.27.